The van der Waals surface area contributed by atoms with Gasteiger partial charge < -0.3 is 15.0 Å². The number of hydrogen-bond acceptors (Lipinski definition) is 4. The Labute approximate surface area is 160 Å². The Morgan fingerprint density at radius 3 is 2.68 bits per heavy atom. The Balaban J connectivity index is 1.91. The van der Waals surface area contributed by atoms with Crippen LogP contribution in [-0.4, -0.2) is 28.6 Å². The summed E-state index contributed by atoms with van der Waals surface area (Å²) in [7, 11) is 0. The van der Waals surface area contributed by atoms with E-state index in [2.05, 4.69) is 10.3 Å². The molecule has 0 saturated carbocycles. The number of anilines is 1. The number of nitrogens with one attached hydrogen (secondary N) is 2. The van der Waals surface area contributed by atoms with Gasteiger partial charge in [-0.25, -0.2) is 0 Å². The van der Waals surface area contributed by atoms with Crippen LogP contribution in [0.2, 0.25) is 5.02 Å². The molecule has 0 atom stereocenters. The second kappa shape index (κ2) is 7.39. The number of aromatic amines is 1. The van der Waals surface area contributed by atoms with Gasteiger partial charge in [-0.2, -0.15) is 13.2 Å². The minimum atomic E-state index is -4.56. The molecule has 146 valence electrons. The lowest BCUT2D eigenvalue weighted by molar-refractivity contribution is -0.384. The number of ether oxygens (including phenoxy) is 1. The number of rotatable bonds is 5. The van der Waals surface area contributed by atoms with Crippen LogP contribution in [0.5, 0.6) is 5.75 Å². The number of aromatic nitrogens is 1. The van der Waals surface area contributed by atoms with Crippen LogP contribution in [0.3, 0.4) is 0 Å². The molecule has 0 unspecified atom stereocenters. The largest absolute Gasteiger partial charge is 0.482 e. The number of nitro benzene ring substituents is 1. The number of H-pyrrole nitrogens is 1. The number of carbonyl (C=O) groups excluding carboxylic acids is 1. The fourth-order valence-electron chi connectivity index (χ4n) is 2.49. The van der Waals surface area contributed by atoms with Gasteiger partial charge in [0.25, 0.3) is 11.6 Å². The second-order valence-electron chi connectivity index (χ2n) is 5.69. The van der Waals surface area contributed by atoms with Gasteiger partial charge in [-0.05, 0) is 24.3 Å². The lowest BCUT2D eigenvalue weighted by atomic mass is 10.1. The average Bonchev–Trinajstić information content (AvgIpc) is 3.03. The summed E-state index contributed by atoms with van der Waals surface area (Å²) < 4.78 is 42.0. The predicted molar refractivity (Wildman–Crippen MR) is 95.9 cm³/mol. The van der Waals surface area contributed by atoms with E-state index in [4.69, 9.17) is 16.3 Å². The van der Waals surface area contributed by atoms with E-state index in [-0.39, 0.29) is 33.1 Å². The van der Waals surface area contributed by atoms with E-state index < -0.39 is 23.6 Å². The van der Waals surface area contributed by atoms with E-state index in [1.165, 1.54) is 42.6 Å². The third kappa shape index (κ3) is 4.34. The molecule has 0 aliphatic heterocycles. The lowest BCUT2D eigenvalue weighted by Gasteiger charge is -2.14. The zero-order valence-electron chi connectivity index (χ0n) is 13.8. The molecule has 28 heavy (non-hydrogen) atoms. The van der Waals surface area contributed by atoms with Crippen molar-refractivity contribution in [3.8, 4) is 5.75 Å². The summed E-state index contributed by atoms with van der Waals surface area (Å²) in [4.78, 5) is 25.8. The fourth-order valence-corrected chi connectivity index (χ4v) is 2.66. The SMILES string of the molecule is O=C(Nc1cc(Cl)ccc1OCC(F)(F)F)c1c[nH]c2ccc([N+](=O)[O-])cc12. The summed E-state index contributed by atoms with van der Waals surface area (Å²) in [5.74, 6) is -0.924. The number of fused-ring (bicyclic) bond motifs is 1. The van der Waals surface area contributed by atoms with Crippen LogP contribution in [-0.2, 0) is 0 Å². The molecule has 11 heteroatoms. The molecular weight excluding hydrogens is 403 g/mol. The number of non-ortho nitro benzene ring substituents is 1. The topological polar surface area (TPSA) is 97.3 Å². The van der Waals surface area contributed by atoms with Gasteiger partial charge in [0, 0.05) is 34.3 Å². The zero-order chi connectivity index (χ0) is 20.5. The van der Waals surface area contributed by atoms with E-state index in [0.717, 1.165) is 0 Å². The third-order valence-corrected chi connectivity index (χ3v) is 3.94. The molecule has 0 fully saturated rings. The highest BCUT2D eigenvalue weighted by molar-refractivity contribution is 6.31. The molecule has 1 amide bonds. The lowest BCUT2D eigenvalue weighted by Crippen LogP contribution is -2.20. The van der Waals surface area contributed by atoms with Crippen molar-refractivity contribution >= 4 is 39.8 Å². The highest BCUT2D eigenvalue weighted by atomic mass is 35.5. The predicted octanol–water partition coefficient (Wildman–Crippen LogP) is 4.92. The number of halogens is 4. The normalized spacial score (nSPS) is 11.4. The van der Waals surface area contributed by atoms with Gasteiger partial charge in [-0.1, -0.05) is 11.6 Å². The maximum atomic E-state index is 12.6. The number of benzene rings is 2. The minimum absolute atomic E-state index is 0.0680. The monoisotopic (exact) mass is 413 g/mol. The van der Waals surface area contributed by atoms with Gasteiger partial charge in [0.2, 0.25) is 0 Å². The molecule has 0 radical (unpaired) electrons. The van der Waals surface area contributed by atoms with Crippen molar-refractivity contribution < 1.29 is 27.6 Å². The maximum Gasteiger partial charge on any atom is 0.422 e. The first-order valence-corrected chi connectivity index (χ1v) is 8.08. The van der Waals surface area contributed by atoms with E-state index in [9.17, 15) is 28.1 Å². The standard InChI is InChI=1S/C17H11ClF3N3O4/c18-9-1-4-15(28-8-17(19,20)21)14(5-9)23-16(25)12-7-22-13-3-2-10(24(26)27)6-11(12)13/h1-7,22H,8H2,(H,23,25). The fraction of sp³-hybridized carbons (Fsp3) is 0.118. The number of nitro groups is 1. The van der Waals surface area contributed by atoms with Gasteiger partial charge in [0.1, 0.15) is 5.75 Å². The van der Waals surface area contributed by atoms with Crippen LogP contribution < -0.4 is 10.1 Å². The van der Waals surface area contributed by atoms with Gasteiger partial charge in [0.15, 0.2) is 6.61 Å². The van der Waals surface area contributed by atoms with Crippen molar-refractivity contribution in [1.82, 2.24) is 4.98 Å². The van der Waals surface area contributed by atoms with Crippen molar-refractivity contribution in [2.75, 3.05) is 11.9 Å². The van der Waals surface area contributed by atoms with E-state index in [1.54, 1.807) is 0 Å². The Hall–Kier alpha value is -3.27. The van der Waals surface area contributed by atoms with Crippen molar-refractivity contribution in [3.63, 3.8) is 0 Å². The Bertz CT molecular complexity index is 1070. The molecule has 0 bridgehead atoms. The summed E-state index contributed by atoms with van der Waals surface area (Å²) >= 11 is 5.86. The molecule has 3 aromatic rings. The Morgan fingerprint density at radius 1 is 1.25 bits per heavy atom. The number of hydrogen-bond donors (Lipinski definition) is 2. The minimum Gasteiger partial charge on any atom is -0.482 e. The molecule has 2 N–H and O–H groups in total. The van der Waals surface area contributed by atoms with Crippen LogP contribution in [0.1, 0.15) is 10.4 Å². The first kappa shape index (κ1) is 19.5. The molecule has 0 spiro atoms. The molecule has 1 aromatic heterocycles. The summed E-state index contributed by atoms with van der Waals surface area (Å²) in [6.07, 6.45) is -3.22. The number of amides is 1. The first-order valence-electron chi connectivity index (χ1n) is 7.70. The van der Waals surface area contributed by atoms with Crippen LogP contribution in [0, 0.1) is 10.1 Å². The van der Waals surface area contributed by atoms with Crippen molar-refractivity contribution in [2.45, 2.75) is 6.18 Å². The Kier molecular flexibility index (Phi) is 5.14. The Morgan fingerprint density at radius 2 is 2.00 bits per heavy atom. The number of nitrogens with zero attached hydrogens (tertiary/aromatic N) is 1. The highest BCUT2D eigenvalue weighted by Gasteiger charge is 2.29. The molecule has 0 saturated heterocycles. The smallest absolute Gasteiger partial charge is 0.422 e. The van der Waals surface area contributed by atoms with Crippen molar-refractivity contribution in [1.29, 1.82) is 0 Å². The van der Waals surface area contributed by atoms with Crippen LogP contribution in [0.25, 0.3) is 10.9 Å². The molecule has 1 heterocycles. The third-order valence-electron chi connectivity index (χ3n) is 3.70. The number of alkyl halides is 3. The number of carbonyl (C=O) groups is 1. The summed E-state index contributed by atoms with van der Waals surface area (Å²) in [6, 6.07) is 7.70. The highest BCUT2D eigenvalue weighted by Crippen LogP contribution is 2.31. The van der Waals surface area contributed by atoms with Gasteiger partial charge in [-0.15, -0.1) is 0 Å². The maximum absolute atomic E-state index is 12.6. The van der Waals surface area contributed by atoms with Crippen molar-refractivity contribution in [2.24, 2.45) is 0 Å². The van der Waals surface area contributed by atoms with E-state index in [0.29, 0.717) is 5.52 Å². The molecule has 2 aromatic carbocycles. The van der Waals surface area contributed by atoms with Crippen LogP contribution in [0.15, 0.2) is 42.6 Å². The van der Waals surface area contributed by atoms with Gasteiger partial charge >= 0.3 is 6.18 Å². The summed E-state index contributed by atoms with van der Waals surface area (Å²) in [5.41, 5.74) is 0.274. The molecule has 0 aliphatic carbocycles. The van der Waals surface area contributed by atoms with Crippen LogP contribution in [0.4, 0.5) is 24.5 Å². The van der Waals surface area contributed by atoms with Crippen LogP contribution >= 0.6 is 11.6 Å². The molecular formula is C17H11ClF3N3O4. The average molecular weight is 414 g/mol. The van der Waals surface area contributed by atoms with Gasteiger partial charge in [-0.3, -0.25) is 14.9 Å². The van der Waals surface area contributed by atoms with Crippen molar-refractivity contribution in [3.05, 3.63) is 63.3 Å². The summed E-state index contributed by atoms with van der Waals surface area (Å²) in [5, 5.41) is 13.8. The zero-order valence-corrected chi connectivity index (χ0v) is 14.6. The second-order valence-corrected chi connectivity index (χ2v) is 6.12. The molecule has 7 nitrogen and oxygen atoms in total. The summed E-state index contributed by atoms with van der Waals surface area (Å²) in [6.45, 7) is -1.54. The van der Waals surface area contributed by atoms with E-state index >= 15 is 0 Å². The molecule has 3 rings (SSSR count). The quantitative estimate of drug-likeness (QED) is 0.458. The molecule has 0 aliphatic rings. The van der Waals surface area contributed by atoms with Gasteiger partial charge in [0.05, 0.1) is 16.2 Å². The first-order chi connectivity index (χ1) is 13.1. The van der Waals surface area contributed by atoms with E-state index in [1.807, 2.05) is 0 Å².